The molecule has 0 unspecified atom stereocenters. The second-order valence-electron chi connectivity index (χ2n) is 7.92. The number of piperazine rings is 1. The highest BCUT2D eigenvalue weighted by Crippen LogP contribution is 2.31. The van der Waals surface area contributed by atoms with Crippen LogP contribution in [0.15, 0.2) is 30.3 Å². The molecule has 0 bridgehead atoms. The van der Waals surface area contributed by atoms with Crippen LogP contribution in [0, 0.1) is 13.8 Å². The first-order chi connectivity index (χ1) is 16.2. The second-order valence-corrected chi connectivity index (χ2v) is 7.92. The number of urea groups is 1. The summed E-state index contributed by atoms with van der Waals surface area (Å²) in [5, 5.41) is 2.58. The first-order valence-corrected chi connectivity index (χ1v) is 10.8. The van der Waals surface area contributed by atoms with Crippen LogP contribution in [0.25, 0.3) is 0 Å². The molecular formula is C24H30N4O6. The third-order valence-electron chi connectivity index (χ3n) is 5.67. The Hall–Kier alpha value is -3.95. The Balaban J connectivity index is 1.56. The molecule has 4 amide bonds. The number of aryl methyl sites for hydroxylation is 2. The lowest BCUT2D eigenvalue weighted by Gasteiger charge is -2.35. The number of anilines is 1. The van der Waals surface area contributed by atoms with E-state index in [9.17, 15) is 14.4 Å². The molecule has 1 saturated heterocycles. The summed E-state index contributed by atoms with van der Waals surface area (Å²) in [6.07, 6.45) is 0. The number of primary amides is 1. The third-order valence-corrected chi connectivity index (χ3v) is 5.67. The lowest BCUT2D eigenvalue weighted by molar-refractivity contribution is -0.134. The van der Waals surface area contributed by atoms with Gasteiger partial charge >= 0.3 is 6.03 Å². The number of nitrogens with zero attached hydrogens (tertiary/aromatic N) is 2. The van der Waals surface area contributed by atoms with Crippen LogP contribution in [0.4, 0.5) is 10.5 Å². The lowest BCUT2D eigenvalue weighted by atomic mass is 10.1. The Morgan fingerprint density at radius 2 is 1.59 bits per heavy atom. The molecule has 0 radical (unpaired) electrons. The fraction of sp³-hybridized carbons (Fsp3) is 0.375. The second kappa shape index (κ2) is 10.8. The molecule has 10 heteroatoms. The van der Waals surface area contributed by atoms with E-state index in [1.54, 1.807) is 40.1 Å². The molecule has 3 rings (SSSR count). The predicted octanol–water partition coefficient (Wildman–Crippen LogP) is 2.17. The van der Waals surface area contributed by atoms with Crippen molar-refractivity contribution in [3.63, 3.8) is 0 Å². The minimum Gasteiger partial charge on any atom is -0.493 e. The number of nitrogens with one attached hydrogen (secondary N) is 1. The van der Waals surface area contributed by atoms with Gasteiger partial charge in [-0.3, -0.25) is 9.59 Å². The predicted molar refractivity (Wildman–Crippen MR) is 127 cm³/mol. The van der Waals surface area contributed by atoms with Gasteiger partial charge in [0.15, 0.2) is 18.1 Å². The Labute approximate surface area is 198 Å². The molecule has 2 aromatic rings. The monoisotopic (exact) mass is 470 g/mol. The van der Waals surface area contributed by atoms with Gasteiger partial charge in [-0.15, -0.1) is 0 Å². The Bertz CT molecular complexity index is 1060. The van der Waals surface area contributed by atoms with Crippen LogP contribution in [0.3, 0.4) is 0 Å². The summed E-state index contributed by atoms with van der Waals surface area (Å²) >= 11 is 0. The molecule has 0 atom stereocenters. The van der Waals surface area contributed by atoms with Gasteiger partial charge in [0.1, 0.15) is 5.75 Å². The van der Waals surface area contributed by atoms with E-state index in [2.05, 4.69) is 5.32 Å². The van der Waals surface area contributed by atoms with Gasteiger partial charge in [-0.2, -0.15) is 0 Å². The quantitative estimate of drug-likeness (QED) is 0.639. The average molecular weight is 471 g/mol. The van der Waals surface area contributed by atoms with Gasteiger partial charge in [0, 0.05) is 31.9 Å². The maximum atomic E-state index is 13.0. The molecule has 2 aromatic carbocycles. The number of methoxy groups -OCH3 is 2. The van der Waals surface area contributed by atoms with Crippen molar-refractivity contribution in [2.24, 2.45) is 5.73 Å². The third kappa shape index (κ3) is 5.51. The number of hydrogen-bond acceptors (Lipinski definition) is 6. The lowest BCUT2D eigenvalue weighted by Crippen LogP contribution is -2.51. The van der Waals surface area contributed by atoms with E-state index in [-0.39, 0.29) is 18.4 Å². The van der Waals surface area contributed by atoms with Gasteiger partial charge in [-0.05, 0) is 49.2 Å². The number of hydrogen-bond donors (Lipinski definition) is 2. The summed E-state index contributed by atoms with van der Waals surface area (Å²) in [6.45, 7) is 5.12. The van der Waals surface area contributed by atoms with E-state index in [1.807, 2.05) is 13.8 Å². The van der Waals surface area contributed by atoms with E-state index in [0.717, 1.165) is 11.1 Å². The molecule has 1 heterocycles. The summed E-state index contributed by atoms with van der Waals surface area (Å²) in [6, 6.07) is 8.01. The van der Waals surface area contributed by atoms with Crippen molar-refractivity contribution in [1.29, 1.82) is 0 Å². The molecule has 3 N–H and O–H groups in total. The molecule has 10 nitrogen and oxygen atoms in total. The first-order valence-electron chi connectivity index (χ1n) is 10.8. The van der Waals surface area contributed by atoms with Gasteiger partial charge < -0.3 is 35.1 Å². The average Bonchev–Trinajstić information content (AvgIpc) is 2.83. The standard InChI is InChI=1S/C24H30N4O6/c1-15-12-17(13-16(2)21(15)26-24(25)31)34-14-20(29)27-8-10-28(11-9-27)23(30)18-6-5-7-19(32-3)22(18)33-4/h5-7,12-13H,8-11,14H2,1-4H3,(H3,25,26,31). The number of nitrogens with two attached hydrogens (primary N) is 1. The summed E-state index contributed by atoms with van der Waals surface area (Å²) in [5.41, 5.74) is 7.81. The van der Waals surface area contributed by atoms with Gasteiger partial charge in [0.2, 0.25) is 0 Å². The van der Waals surface area contributed by atoms with Crippen molar-refractivity contribution in [1.82, 2.24) is 9.80 Å². The largest absolute Gasteiger partial charge is 0.493 e. The number of ether oxygens (including phenoxy) is 3. The van der Waals surface area contributed by atoms with Gasteiger partial charge in [-0.1, -0.05) is 6.07 Å². The molecule has 1 aliphatic rings. The van der Waals surface area contributed by atoms with Gasteiger partial charge in [0.25, 0.3) is 11.8 Å². The highest BCUT2D eigenvalue weighted by Gasteiger charge is 2.27. The van der Waals surface area contributed by atoms with Crippen LogP contribution in [0.5, 0.6) is 17.2 Å². The van der Waals surface area contributed by atoms with E-state index in [1.165, 1.54) is 14.2 Å². The molecule has 0 aromatic heterocycles. The topological polar surface area (TPSA) is 123 Å². The zero-order chi connectivity index (χ0) is 24.8. The van der Waals surface area contributed by atoms with Crippen LogP contribution in [-0.2, 0) is 4.79 Å². The Kier molecular flexibility index (Phi) is 7.83. The van der Waals surface area contributed by atoms with Crippen LogP contribution in [0.1, 0.15) is 21.5 Å². The van der Waals surface area contributed by atoms with Crippen molar-refractivity contribution < 1.29 is 28.6 Å². The number of amides is 4. The Morgan fingerprint density at radius 3 is 2.15 bits per heavy atom. The van der Waals surface area contributed by atoms with E-state index < -0.39 is 6.03 Å². The molecule has 34 heavy (non-hydrogen) atoms. The maximum absolute atomic E-state index is 13.0. The summed E-state index contributed by atoms with van der Waals surface area (Å²) in [5.74, 6) is 1.07. The number of rotatable bonds is 7. The summed E-state index contributed by atoms with van der Waals surface area (Å²) < 4.78 is 16.3. The molecule has 0 spiro atoms. The molecule has 0 aliphatic carbocycles. The number of carbonyl (C=O) groups is 3. The fourth-order valence-corrected chi connectivity index (χ4v) is 3.95. The van der Waals surface area contributed by atoms with Crippen LogP contribution < -0.4 is 25.3 Å². The summed E-state index contributed by atoms with van der Waals surface area (Å²) in [4.78, 5) is 40.2. The van der Waals surface area contributed by atoms with Gasteiger partial charge in [-0.25, -0.2) is 4.79 Å². The maximum Gasteiger partial charge on any atom is 0.316 e. The van der Waals surface area contributed by atoms with E-state index in [0.29, 0.717) is 54.7 Å². The van der Waals surface area contributed by atoms with Crippen molar-refractivity contribution in [2.75, 3.05) is 52.3 Å². The van der Waals surface area contributed by atoms with Crippen molar-refractivity contribution in [2.45, 2.75) is 13.8 Å². The number of para-hydroxylation sites is 1. The number of carbonyl (C=O) groups excluding carboxylic acids is 3. The molecule has 182 valence electrons. The normalized spacial score (nSPS) is 13.3. The minimum atomic E-state index is -0.641. The zero-order valence-corrected chi connectivity index (χ0v) is 19.8. The number of benzene rings is 2. The van der Waals surface area contributed by atoms with Crippen LogP contribution in [0.2, 0.25) is 0 Å². The SMILES string of the molecule is COc1cccc(C(=O)N2CCN(C(=O)COc3cc(C)c(NC(N)=O)c(C)c3)CC2)c1OC. The molecule has 0 saturated carbocycles. The Morgan fingerprint density at radius 1 is 0.971 bits per heavy atom. The molecular weight excluding hydrogens is 440 g/mol. The zero-order valence-electron chi connectivity index (χ0n) is 19.8. The van der Waals surface area contributed by atoms with Crippen molar-refractivity contribution in [3.05, 3.63) is 47.0 Å². The van der Waals surface area contributed by atoms with Crippen molar-refractivity contribution >= 4 is 23.5 Å². The smallest absolute Gasteiger partial charge is 0.316 e. The van der Waals surface area contributed by atoms with Crippen LogP contribution >= 0.6 is 0 Å². The minimum absolute atomic E-state index is 0.126. The first kappa shape index (κ1) is 24.7. The van der Waals surface area contributed by atoms with E-state index in [4.69, 9.17) is 19.9 Å². The molecule has 1 fully saturated rings. The summed E-state index contributed by atoms with van der Waals surface area (Å²) in [7, 11) is 3.02. The van der Waals surface area contributed by atoms with E-state index >= 15 is 0 Å². The highest BCUT2D eigenvalue weighted by molar-refractivity contribution is 5.98. The molecule has 1 aliphatic heterocycles. The fourth-order valence-electron chi connectivity index (χ4n) is 3.95. The van der Waals surface area contributed by atoms with Crippen LogP contribution in [-0.4, -0.2) is 74.7 Å². The van der Waals surface area contributed by atoms with Gasteiger partial charge in [0.05, 0.1) is 19.8 Å². The van der Waals surface area contributed by atoms with Crippen molar-refractivity contribution in [3.8, 4) is 17.2 Å². The highest BCUT2D eigenvalue weighted by atomic mass is 16.5.